The third kappa shape index (κ3) is 2.73. The van der Waals surface area contributed by atoms with Gasteiger partial charge in [0.25, 0.3) is 5.91 Å². The average Bonchev–Trinajstić information content (AvgIpc) is 2.70. The van der Waals surface area contributed by atoms with Crippen LogP contribution < -0.4 is 10.6 Å². The predicted molar refractivity (Wildman–Crippen MR) is 55.7 cm³/mol. The van der Waals surface area contributed by atoms with Gasteiger partial charge in [0, 0.05) is 18.9 Å². The molecule has 2 aliphatic rings. The molecule has 96 valence electrons. The molecule has 0 aromatic heterocycles. The molecule has 0 aromatic rings. The number of nitrogens with two attached hydrogens (primary N) is 1. The number of amides is 2. The second-order valence-corrected chi connectivity index (χ2v) is 5.90. The van der Waals surface area contributed by atoms with E-state index in [1.165, 1.54) is 4.90 Å². The molecule has 0 saturated carbocycles. The first-order chi connectivity index (χ1) is 7.87. The van der Waals surface area contributed by atoms with E-state index in [9.17, 15) is 18.0 Å². The molecule has 2 aliphatic heterocycles. The van der Waals surface area contributed by atoms with Gasteiger partial charge in [-0.15, -0.1) is 0 Å². The number of primary sulfonamides is 1. The number of carbonyl (C=O) groups is 2. The van der Waals surface area contributed by atoms with Crippen LogP contribution in [0.5, 0.6) is 0 Å². The van der Waals surface area contributed by atoms with Crippen LogP contribution in [0.3, 0.4) is 0 Å². The second kappa shape index (κ2) is 4.24. The number of nitrogens with one attached hydrogen (secondary N) is 1. The topological polar surface area (TPSA) is 119 Å². The second-order valence-electron chi connectivity index (χ2n) is 4.24. The van der Waals surface area contributed by atoms with Crippen molar-refractivity contribution in [1.82, 2.24) is 10.4 Å². The van der Waals surface area contributed by atoms with Crippen LogP contribution in [-0.2, 0) is 24.4 Å². The lowest BCUT2D eigenvalue weighted by molar-refractivity contribution is -0.135. The summed E-state index contributed by atoms with van der Waals surface area (Å²) in [6.07, 6.45) is 0.0974. The maximum atomic E-state index is 11.7. The van der Waals surface area contributed by atoms with E-state index in [1.807, 2.05) is 0 Å². The summed E-state index contributed by atoms with van der Waals surface area (Å²) in [5, 5.41) is 4.93. The van der Waals surface area contributed by atoms with Gasteiger partial charge in [-0.2, -0.15) is 0 Å². The van der Waals surface area contributed by atoms with Crippen molar-refractivity contribution in [3.8, 4) is 0 Å². The minimum atomic E-state index is -3.60. The van der Waals surface area contributed by atoms with Crippen molar-refractivity contribution in [2.45, 2.75) is 12.5 Å². The Morgan fingerprint density at radius 1 is 1.47 bits per heavy atom. The zero-order valence-electron chi connectivity index (χ0n) is 8.96. The van der Waals surface area contributed by atoms with Crippen LogP contribution in [0, 0.1) is 5.92 Å². The van der Waals surface area contributed by atoms with E-state index in [1.54, 1.807) is 0 Å². The first-order valence-electron chi connectivity index (χ1n) is 5.08. The molecular weight excluding hydrogens is 250 g/mol. The maximum Gasteiger partial charge on any atom is 0.268 e. The number of likely N-dealkylation sites (tertiary alicyclic amines) is 1. The molecule has 2 saturated heterocycles. The first kappa shape index (κ1) is 12.3. The van der Waals surface area contributed by atoms with Crippen molar-refractivity contribution in [2.24, 2.45) is 11.1 Å². The summed E-state index contributed by atoms with van der Waals surface area (Å²) in [4.78, 5) is 29.1. The van der Waals surface area contributed by atoms with Crippen molar-refractivity contribution in [2.75, 3.05) is 18.9 Å². The summed E-state index contributed by atoms with van der Waals surface area (Å²) >= 11 is 0. The third-order valence-corrected chi connectivity index (χ3v) is 3.74. The summed E-state index contributed by atoms with van der Waals surface area (Å²) in [7, 11) is -3.60. The van der Waals surface area contributed by atoms with E-state index in [0.29, 0.717) is 0 Å². The molecule has 9 heteroatoms. The van der Waals surface area contributed by atoms with Gasteiger partial charge in [0.2, 0.25) is 15.9 Å². The summed E-state index contributed by atoms with van der Waals surface area (Å²) in [5.41, 5.74) is 2.15. The normalized spacial score (nSPS) is 29.8. The highest BCUT2D eigenvalue weighted by Crippen LogP contribution is 2.22. The maximum absolute atomic E-state index is 11.7. The predicted octanol–water partition coefficient (Wildman–Crippen LogP) is -2.45. The van der Waals surface area contributed by atoms with Crippen molar-refractivity contribution < 1.29 is 22.8 Å². The lowest BCUT2D eigenvalue weighted by Crippen LogP contribution is -2.43. The lowest BCUT2D eigenvalue weighted by Gasteiger charge is -2.20. The zero-order chi connectivity index (χ0) is 12.6. The number of carbonyl (C=O) groups excluding carboxylic acids is 2. The largest absolute Gasteiger partial charge is 0.328 e. The SMILES string of the molecule is NS(=O)(=O)CC1CC(=O)N(C2CONC2=O)C1. The first-order valence-corrected chi connectivity index (χ1v) is 6.80. The van der Waals surface area contributed by atoms with Crippen LogP contribution in [0.4, 0.5) is 0 Å². The van der Waals surface area contributed by atoms with Crippen LogP contribution >= 0.6 is 0 Å². The van der Waals surface area contributed by atoms with Crippen molar-refractivity contribution >= 4 is 21.8 Å². The molecule has 2 atom stereocenters. The smallest absolute Gasteiger partial charge is 0.268 e. The van der Waals surface area contributed by atoms with Crippen molar-refractivity contribution in [1.29, 1.82) is 0 Å². The molecule has 8 nitrogen and oxygen atoms in total. The molecule has 0 radical (unpaired) electrons. The van der Waals surface area contributed by atoms with E-state index >= 15 is 0 Å². The Bertz CT molecular complexity index is 448. The highest BCUT2D eigenvalue weighted by Gasteiger charge is 2.41. The molecule has 2 unspecified atom stereocenters. The van der Waals surface area contributed by atoms with Gasteiger partial charge < -0.3 is 4.90 Å². The van der Waals surface area contributed by atoms with Crippen molar-refractivity contribution in [3.05, 3.63) is 0 Å². The molecule has 2 fully saturated rings. The average molecular weight is 263 g/mol. The van der Waals surface area contributed by atoms with E-state index in [2.05, 4.69) is 5.48 Å². The minimum Gasteiger partial charge on any atom is -0.328 e. The van der Waals surface area contributed by atoms with Crippen LogP contribution in [0.15, 0.2) is 0 Å². The molecular formula is C8H13N3O5S. The van der Waals surface area contributed by atoms with E-state index < -0.39 is 16.1 Å². The third-order valence-electron chi connectivity index (χ3n) is 2.80. The Morgan fingerprint density at radius 2 is 2.18 bits per heavy atom. The summed E-state index contributed by atoms with van der Waals surface area (Å²) < 4.78 is 21.9. The van der Waals surface area contributed by atoms with Gasteiger partial charge >= 0.3 is 0 Å². The molecule has 2 amide bonds. The monoisotopic (exact) mass is 263 g/mol. The highest BCUT2D eigenvalue weighted by atomic mass is 32.2. The van der Waals surface area contributed by atoms with Gasteiger partial charge in [-0.25, -0.2) is 19.0 Å². The van der Waals surface area contributed by atoms with E-state index in [-0.39, 0.29) is 43.1 Å². The van der Waals surface area contributed by atoms with Crippen molar-refractivity contribution in [3.63, 3.8) is 0 Å². The highest BCUT2D eigenvalue weighted by molar-refractivity contribution is 7.89. The van der Waals surface area contributed by atoms with Gasteiger partial charge in [-0.05, 0) is 0 Å². The Labute approximate surface area is 98.1 Å². The number of hydrogen-bond acceptors (Lipinski definition) is 5. The van der Waals surface area contributed by atoms with Gasteiger partial charge in [-0.1, -0.05) is 0 Å². The Hall–Kier alpha value is -1.19. The molecule has 2 heterocycles. The number of rotatable bonds is 3. The fourth-order valence-electron chi connectivity index (χ4n) is 2.12. The lowest BCUT2D eigenvalue weighted by atomic mass is 10.1. The Balaban J connectivity index is 2.02. The zero-order valence-corrected chi connectivity index (χ0v) is 9.77. The van der Waals surface area contributed by atoms with Gasteiger partial charge in [-0.3, -0.25) is 14.4 Å². The van der Waals surface area contributed by atoms with Gasteiger partial charge in [0.1, 0.15) is 12.6 Å². The molecule has 3 N–H and O–H groups in total. The Morgan fingerprint density at radius 3 is 2.71 bits per heavy atom. The summed E-state index contributed by atoms with van der Waals surface area (Å²) in [6, 6.07) is -0.659. The molecule has 0 bridgehead atoms. The number of nitrogens with zero attached hydrogens (tertiary/aromatic N) is 1. The van der Waals surface area contributed by atoms with E-state index in [4.69, 9.17) is 9.98 Å². The van der Waals surface area contributed by atoms with Crippen LogP contribution in [0.2, 0.25) is 0 Å². The molecule has 0 aliphatic carbocycles. The van der Waals surface area contributed by atoms with E-state index in [0.717, 1.165) is 0 Å². The molecule has 0 spiro atoms. The molecule has 0 aromatic carbocycles. The molecule has 17 heavy (non-hydrogen) atoms. The fraction of sp³-hybridized carbons (Fsp3) is 0.750. The standard InChI is InChI=1S/C8H13N3O5S/c9-17(14,15)4-5-1-7(12)11(2-5)6-3-16-10-8(6)13/h5-6H,1-4H2,(H,10,13)(H2,9,14,15). The number of hydroxylamine groups is 1. The number of hydrogen-bond donors (Lipinski definition) is 2. The van der Waals surface area contributed by atoms with Crippen LogP contribution in [0.1, 0.15) is 6.42 Å². The minimum absolute atomic E-state index is 0.0899. The summed E-state index contributed by atoms with van der Waals surface area (Å²) in [5.74, 6) is -1.23. The van der Waals surface area contributed by atoms with Gasteiger partial charge in [0.15, 0.2) is 0 Å². The number of sulfonamides is 1. The Kier molecular flexibility index (Phi) is 3.06. The van der Waals surface area contributed by atoms with Gasteiger partial charge in [0.05, 0.1) is 5.75 Å². The quantitative estimate of drug-likeness (QED) is 0.586. The van der Waals surface area contributed by atoms with Crippen LogP contribution in [-0.4, -0.2) is 50.1 Å². The van der Waals surface area contributed by atoms with Crippen LogP contribution in [0.25, 0.3) is 0 Å². The fourth-order valence-corrected chi connectivity index (χ4v) is 3.00. The summed E-state index contributed by atoms with van der Waals surface area (Å²) in [6.45, 7) is 0.309. The molecule has 2 rings (SSSR count).